The number of fused-ring (bicyclic) bond motifs is 1. The summed E-state index contributed by atoms with van der Waals surface area (Å²) >= 11 is 0. The van der Waals surface area contributed by atoms with E-state index in [0.29, 0.717) is 6.42 Å². The molecule has 1 heterocycles. The smallest absolute Gasteiger partial charge is 0.326 e. The van der Waals surface area contributed by atoms with Crippen LogP contribution in [0.3, 0.4) is 0 Å². The van der Waals surface area contributed by atoms with Crippen molar-refractivity contribution in [3.8, 4) is 5.75 Å². The van der Waals surface area contributed by atoms with Gasteiger partial charge < -0.3 is 20.9 Å². The zero-order valence-corrected chi connectivity index (χ0v) is 11.2. The maximum Gasteiger partial charge on any atom is 0.326 e. The molecular weight excluding hydrogens is 276 g/mol. The van der Waals surface area contributed by atoms with Gasteiger partial charge in [-0.25, -0.2) is 4.79 Å². The molecule has 2 amide bonds. The number of aliphatic carboxylic acids is 1. The molecule has 0 spiro atoms. The summed E-state index contributed by atoms with van der Waals surface area (Å²) in [4.78, 5) is 33.9. The van der Waals surface area contributed by atoms with E-state index in [-0.39, 0.29) is 6.61 Å². The van der Waals surface area contributed by atoms with E-state index in [9.17, 15) is 14.4 Å². The normalized spacial score (nSPS) is 18.0. The van der Waals surface area contributed by atoms with Crippen LogP contribution in [0.4, 0.5) is 0 Å². The summed E-state index contributed by atoms with van der Waals surface area (Å²) in [5.41, 5.74) is 5.86. The molecule has 21 heavy (non-hydrogen) atoms. The van der Waals surface area contributed by atoms with Gasteiger partial charge in [0, 0.05) is 0 Å². The van der Waals surface area contributed by atoms with E-state index in [0.717, 1.165) is 11.3 Å². The SMILES string of the molecule is NC(=O)CC(NC(=O)C1COc2ccccc2C1)C(=O)O. The second-order valence-corrected chi connectivity index (χ2v) is 4.89. The van der Waals surface area contributed by atoms with Gasteiger partial charge >= 0.3 is 5.97 Å². The number of para-hydroxylation sites is 1. The highest BCUT2D eigenvalue weighted by atomic mass is 16.5. The van der Waals surface area contributed by atoms with Crippen molar-refractivity contribution in [2.75, 3.05) is 6.61 Å². The van der Waals surface area contributed by atoms with Gasteiger partial charge in [0.05, 0.1) is 12.3 Å². The Morgan fingerprint density at radius 1 is 1.38 bits per heavy atom. The third kappa shape index (κ3) is 3.71. The Morgan fingerprint density at radius 3 is 2.76 bits per heavy atom. The maximum atomic E-state index is 12.1. The number of nitrogens with one attached hydrogen (secondary N) is 1. The van der Waals surface area contributed by atoms with Crippen molar-refractivity contribution >= 4 is 17.8 Å². The van der Waals surface area contributed by atoms with Crippen LogP contribution in [0.25, 0.3) is 0 Å². The van der Waals surface area contributed by atoms with Crippen molar-refractivity contribution in [2.45, 2.75) is 18.9 Å². The molecule has 4 N–H and O–H groups in total. The number of hydrogen-bond donors (Lipinski definition) is 3. The molecule has 2 unspecified atom stereocenters. The van der Waals surface area contributed by atoms with E-state index in [4.69, 9.17) is 15.6 Å². The molecule has 0 saturated heterocycles. The fourth-order valence-corrected chi connectivity index (χ4v) is 2.19. The summed E-state index contributed by atoms with van der Waals surface area (Å²) in [6.45, 7) is 0.172. The predicted molar refractivity (Wildman–Crippen MR) is 72.5 cm³/mol. The molecule has 1 aromatic carbocycles. The molecule has 0 bridgehead atoms. The minimum atomic E-state index is -1.31. The summed E-state index contributed by atoms with van der Waals surface area (Å²) < 4.78 is 5.48. The third-order valence-electron chi connectivity index (χ3n) is 3.27. The average molecular weight is 292 g/mol. The lowest BCUT2D eigenvalue weighted by Crippen LogP contribution is -2.47. The largest absolute Gasteiger partial charge is 0.492 e. The number of carboxylic acid groups (broad SMARTS) is 1. The molecular formula is C14H16N2O5. The molecule has 0 radical (unpaired) electrons. The van der Waals surface area contributed by atoms with Gasteiger partial charge in [-0.15, -0.1) is 0 Å². The van der Waals surface area contributed by atoms with Gasteiger partial charge in [0.2, 0.25) is 11.8 Å². The highest BCUT2D eigenvalue weighted by Gasteiger charge is 2.29. The quantitative estimate of drug-likeness (QED) is 0.687. The summed E-state index contributed by atoms with van der Waals surface area (Å²) in [5.74, 6) is -2.30. The van der Waals surface area contributed by atoms with Crippen LogP contribution in [0.2, 0.25) is 0 Å². The minimum Gasteiger partial charge on any atom is -0.492 e. The zero-order valence-electron chi connectivity index (χ0n) is 11.2. The highest BCUT2D eigenvalue weighted by Crippen LogP contribution is 2.26. The summed E-state index contributed by atoms with van der Waals surface area (Å²) in [5, 5.41) is 11.3. The lowest BCUT2D eigenvalue weighted by atomic mass is 9.95. The number of carbonyl (C=O) groups excluding carboxylic acids is 2. The summed E-state index contributed by atoms with van der Waals surface area (Å²) in [6, 6.07) is 6.04. The Bertz CT molecular complexity index is 572. The molecule has 1 aliphatic heterocycles. The monoisotopic (exact) mass is 292 g/mol. The lowest BCUT2D eigenvalue weighted by Gasteiger charge is -2.25. The molecule has 1 aromatic rings. The van der Waals surface area contributed by atoms with Crippen molar-refractivity contribution in [3.63, 3.8) is 0 Å². The van der Waals surface area contributed by atoms with Gasteiger partial charge in [-0.3, -0.25) is 9.59 Å². The van der Waals surface area contributed by atoms with E-state index < -0.39 is 36.2 Å². The van der Waals surface area contributed by atoms with Gasteiger partial charge in [-0.05, 0) is 18.1 Å². The first-order valence-corrected chi connectivity index (χ1v) is 6.49. The number of primary amides is 1. The first-order valence-electron chi connectivity index (χ1n) is 6.49. The fourth-order valence-electron chi connectivity index (χ4n) is 2.19. The molecule has 0 fully saturated rings. The minimum absolute atomic E-state index is 0.172. The number of rotatable bonds is 5. The number of hydrogen-bond acceptors (Lipinski definition) is 4. The Labute approximate surface area is 121 Å². The van der Waals surface area contributed by atoms with Crippen molar-refractivity contribution < 1.29 is 24.2 Å². The van der Waals surface area contributed by atoms with E-state index >= 15 is 0 Å². The second kappa shape index (κ2) is 6.25. The first kappa shape index (κ1) is 14.8. The summed E-state index contributed by atoms with van der Waals surface area (Å²) in [6.07, 6.45) is 0.0240. The number of amides is 2. The third-order valence-corrected chi connectivity index (χ3v) is 3.27. The van der Waals surface area contributed by atoms with Gasteiger partial charge in [0.15, 0.2) is 0 Å². The fraction of sp³-hybridized carbons (Fsp3) is 0.357. The second-order valence-electron chi connectivity index (χ2n) is 4.89. The zero-order chi connectivity index (χ0) is 15.4. The molecule has 7 nitrogen and oxygen atoms in total. The maximum absolute atomic E-state index is 12.1. The van der Waals surface area contributed by atoms with E-state index in [1.165, 1.54) is 0 Å². The van der Waals surface area contributed by atoms with E-state index in [1.54, 1.807) is 0 Å². The van der Waals surface area contributed by atoms with Crippen LogP contribution in [0.15, 0.2) is 24.3 Å². The topological polar surface area (TPSA) is 119 Å². The van der Waals surface area contributed by atoms with Crippen LogP contribution in [0, 0.1) is 5.92 Å². The van der Waals surface area contributed by atoms with E-state index in [2.05, 4.69) is 5.32 Å². The standard InChI is InChI=1S/C14H16N2O5/c15-12(17)6-10(14(19)20)16-13(18)9-5-8-3-1-2-4-11(8)21-7-9/h1-4,9-10H,5-7H2,(H2,15,17)(H,16,18)(H,19,20). The number of benzene rings is 1. The molecule has 0 aromatic heterocycles. The Balaban J connectivity index is 2.01. The van der Waals surface area contributed by atoms with Crippen molar-refractivity contribution in [3.05, 3.63) is 29.8 Å². The van der Waals surface area contributed by atoms with Crippen LogP contribution in [0.5, 0.6) is 5.75 Å². The Kier molecular flexibility index (Phi) is 4.42. The number of carboxylic acids is 1. The van der Waals surface area contributed by atoms with Crippen molar-refractivity contribution in [2.24, 2.45) is 11.7 Å². The number of ether oxygens (including phenoxy) is 1. The first-order chi connectivity index (χ1) is 9.97. The molecule has 0 saturated carbocycles. The molecule has 7 heteroatoms. The Morgan fingerprint density at radius 2 is 2.10 bits per heavy atom. The van der Waals surface area contributed by atoms with Crippen LogP contribution in [-0.4, -0.2) is 35.5 Å². The van der Waals surface area contributed by atoms with Crippen molar-refractivity contribution in [1.29, 1.82) is 0 Å². The predicted octanol–water partition coefficient (Wildman–Crippen LogP) is -0.317. The van der Waals surface area contributed by atoms with Gasteiger partial charge in [0.25, 0.3) is 0 Å². The van der Waals surface area contributed by atoms with Crippen LogP contribution < -0.4 is 15.8 Å². The van der Waals surface area contributed by atoms with Crippen LogP contribution >= 0.6 is 0 Å². The van der Waals surface area contributed by atoms with Crippen molar-refractivity contribution in [1.82, 2.24) is 5.32 Å². The van der Waals surface area contributed by atoms with Gasteiger partial charge in [-0.1, -0.05) is 18.2 Å². The highest BCUT2D eigenvalue weighted by molar-refractivity contribution is 5.89. The number of carbonyl (C=O) groups is 3. The number of nitrogens with two attached hydrogens (primary N) is 1. The van der Waals surface area contributed by atoms with Crippen LogP contribution in [-0.2, 0) is 20.8 Å². The summed E-state index contributed by atoms with van der Waals surface area (Å²) in [7, 11) is 0. The average Bonchev–Trinajstić information content (AvgIpc) is 2.45. The lowest BCUT2D eigenvalue weighted by molar-refractivity contribution is -0.144. The molecule has 112 valence electrons. The van der Waals surface area contributed by atoms with Crippen LogP contribution in [0.1, 0.15) is 12.0 Å². The Hall–Kier alpha value is -2.57. The molecule has 2 atom stereocenters. The van der Waals surface area contributed by atoms with E-state index in [1.807, 2.05) is 24.3 Å². The molecule has 1 aliphatic rings. The molecule has 0 aliphatic carbocycles. The molecule has 2 rings (SSSR count). The van der Waals surface area contributed by atoms with Gasteiger partial charge in [0.1, 0.15) is 18.4 Å². The van der Waals surface area contributed by atoms with Gasteiger partial charge in [-0.2, -0.15) is 0 Å².